The van der Waals surface area contributed by atoms with Gasteiger partial charge in [0.15, 0.2) is 23.1 Å². The minimum absolute atomic E-state index is 0.344. The van der Waals surface area contributed by atoms with Gasteiger partial charge in [-0.2, -0.15) is 0 Å². The standard InChI is InChI=1S/C44H64I4N2O12/c1-41(2)55-33-21(45)17-25(29(51)37(33)59-41)49(26-18-22(46)34-38(30(26)52)60-42(3,4)56-34)15-13-11-9-10-12-14-16-50(27-19-23(47)35-39(31(27)53)61-43(5,6)57-35)28-20-24(48)36-40(32(28)54)62-44(7,8)58-36/h17-20,25-40,51-54H,9-16H2,1-8H3/t25-,26-,27-,28-,29+,30+,31+,32+,33+,34+,35+,36+,37-,38-,39-,40-/m0/s1. The third-order valence-electron chi connectivity index (χ3n) is 13.3. The van der Waals surface area contributed by atoms with Gasteiger partial charge in [-0.25, -0.2) is 0 Å². The molecule has 4 saturated heterocycles. The first kappa shape index (κ1) is 49.7. The molecule has 4 aliphatic carbocycles. The van der Waals surface area contributed by atoms with Crippen LogP contribution in [0.1, 0.15) is 93.9 Å². The first-order valence-corrected chi connectivity index (χ1v) is 26.4. The normalized spacial score (nSPS) is 43.7. The fourth-order valence-corrected chi connectivity index (χ4v) is 14.1. The maximum Gasteiger partial charge on any atom is 0.164 e. The minimum atomic E-state index is -0.867. The number of halogens is 4. The average molecular weight is 1320 g/mol. The van der Waals surface area contributed by atoms with E-state index in [1.54, 1.807) is 0 Å². The van der Waals surface area contributed by atoms with Crippen LogP contribution in [0, 0.1) is 0 Å². The molecule has 0 aromatic heterocycles. The Morgan fingerprint density at radius 3 is 0.823 bits per heavy atom. The number of aliphatic hydroxyl groups excluding tert-OH is 4. The zero-order valence-corrected chi connectivity index (χ0v) is 45.3. The van der Waals surface area contributed by atoms with Crippen molar-refractivity contribution in [1.82, 2.24) is 9.80 Å². The Morgan fingerprint density at radius 2 is 0.597 bits per heavy atom. The van der Waals surface area contributed by atoms with Crippen LogP contribution in [0.25, 0.3) is 0 Å². The molecule has 8 aliphatic rings. The topological polar surface area (TPSA) is 161 Å². The minimum Gasteiger partial charge on any atom is -0.388 e. The molecular weight excluding hydrogens is 1260 g/mol. The van der Waals surface area contributed by atoms with Crippen LogP contribution in [0.4, 0.5) is 0 Å². The molecule has 0 spiro atoms. The van der Waals surface area contributed by atoms with E-state index in [0.29, 0.717) is 13.1 Å². The first-order valence-electron chi connectivity index (χ1n) is 22.1. The van der Waals surface area contributed by atoms with E-state index in [-0.39, 0.29) is 24.4 Å². The van der Waals surface area contributed by atoms with Crippen molar-refractivity contribution in [1.29, 1.82) is 0 Å². The molecule has 0 amide bonds. The van der Waals surface area contributed by atoms with Crippen LogP contribution in [0.3, 0.4) is 0 Å². The molecule has 0 unspecified atom stereocenters. The Labute approximate surface area is 420 Å². The molecule has 16 atom stereocenters. The van der Waals surface area contributed by atoms with Crippen LogP contribution in [0.2, 0.25) is 0 Å². The van der Waals surface area contributed by atoms with Gasteiger partial charge in [-0.3, -0.25) is 9.80 Å². The predicted molar refractivity (Wildman–Crippen MR) is 264 cm³/mol. The zero-order valence-electron chi connectivity index (χ0n) is 36.7. The molecule has 0 radical (unpaired) electrons. The summed E-state index contributed by atoms with van der Waals surface area (Å²) in [6.07, 6.45) is 7.00. The van der Waals surface area contributed by atoms with E-state index in [4.69, 9.17) is 37.9 Å². The quantitative estimate of drug-likeness (QED) is 0.121. The Morgan fingerprint density at radius 1 is 0.387 bits per heavy atom. The van der Waals surface area contributed by atoms with Crippen molar-refractivity contribution in [2.75, 3.05) is 13.1 Å². The summed E-state index contributed by atoms with van der Waals surface area (Å²) in [5, 5.41) is 47.7. The average Bonchev–Trinajstić information content (AvgIpc) is 3.91. The monoisotopic (exact) mass is 1320 g/mol. The van der Waals surface area contributed by atoms with Crippen molar-refractivity contribution >= 4 is 90.4 Å². The lowest BCUT2D eigenvalue weighted by Gasteiger charge is -2.46. The summed E-state index contributed by atoms with van der Waals surface area (Å²) < 4.78 is 53.8. The van der Waals surface area contributed by atoms with Gasteiger partial charge in [-0.05, 0) is 172 Å². The van der Waals surface area contributed by atoms with Gasteiger partial charge in [-0.1, -0.05) is 50.0 Å². The van der Waals surface area contributed by atoms with Gasteiger partial charge < -0.3 is 58.3 Å². The highest BCUT2D eigenvalue weighted by atomic mass is 127. The lowest BCUT2D eigenvalue weighted by atomic mass is 9.87. The van der Waals surface area contributed by atoms with E-state index in [9.17, 15) is 20.4 Å². The molecule has 4 N–H and O–H groups in total. The van der Waals surface area contributed by atoms with Crippen LogP contribution in [0.15, 0.2) is 38.6 Å². The molecule has 18 heteroatoms. The Balaban J connectivity index is 0.926. The van der Waals surface area contributed by atoms with Gasteiger partial charge in [0.05, 0.1) is 24.2 Å². The van der Waals surface area contributed by atoms with Crippen LogP contribution in [0.5, 0.6) is 0 Å². The molecule has 350 valence electrons. The van der Waals surface area contributed by atoms with Gasteiger partial charge in [0.2, 0.25) is 0 Å². The largest absolute Gasteiger partial charge is 0.388 e. The highest BCUT2D eigenvalue weighted by Gasteiger charge is 2.57. The fraction of sp³-hybridized carbons (Fsp3) is 0.818. The third-order valence-corrected chi connectivity index (χ3v) is 17.2. The molecule has 14 nitrogen and oxygen atoms in total. The van der Waals surface area contributed by atoms with Gasteiger partial charge in [-0.15, -0.1) is 0 Å². The van der Waals surface area contributed by atoms with Crippen LogP contribution >= 0.6 is 90.4 Å². The Kier molecular flexibility index (Phi) is 15.2. The molecule has 4 fully saturated rings. The number of rotatable bonds is 13. The molecule has 8 rings (SSSR count). The second kappa shape index (κ2) is 18.9. The number of hydrogen-bond donors (Lipinski definition) is 4. The molecule has 0 aromatic rings. The smallest absolute Gasteiger partial charge is 0.164 e. The highest BCUT2D eigenvalue weighted by molar-refractivity contribution is 14.1. The molecular formula is C44H64I4N2O12. The van der Waals surface area contributed by atoms with E-state index >= 15 is 0 Å². The van der Waals surface area contributed by atoms with E-state index in [1.165, 1.54) is 0 Å². The van der Waals surface area contributed by atoms with E-state index in [2.05, 4.69) is 124 Å². The Bertz CT molecular complexity index is 1550. The lowest BCUT2D eigenvalue weighted by molar-refractivity contribution is -0.162. The summed E-state index contributed by atoms with van der Waals surface area (Å²) in [6.45, 7) is 16.3. The van der Waals surface area contributed by atoms with Crippen LogP contribution < -0.4 is 0 Å². The number of hydrogen-bond acceptors (Lipinski definition) is 14. The molecule has 4 aliphatic heterocycles. The maximum absolute atomic E-state index is 11.9. The van der Waals surface area contributed by atoms with Crippen molar-refractivity contribution in [3.05, 3.63) is 38.6 Å². The number of nitrogens with zero attached hydrogens (tertiary/aromatic N) is 2. The van der Waals surface area contributed by atoms with E-state index in [1.807, 2.05) is 55.4 Å². The SMILES string of the molecule is CC1(C)O[C@H]2[C@H](O)[C@@H](N(CCCCCCCCN([C@H]3C=C(I)[C@H]4OC(C)(C)O[C@H]4[C@@H]3O)[C@H]3C=C(I)[C@H]4OC(C)(C)O[C@H]4[C@@H]3O)[C@H]3C=C(I)[C@H]4OC(C)(C)O[C@H]4[C@@H]3O)C=C(I)[C@H]2O1. The summed E-state index contributed by atoms with van der Waals surface area (Å²) >= 11 is 9.23. The molecule has 0 aromatic carbocycles. The van der Waals surface area contributed by atoms with E-state index in [0.717, 1.165) is 52.8 Å². The number of fused-ring (bicyclic) bond motifs is 4. The van der Waals surface area contributed by atoms with Gasteiger partial charge in [0.1, 0.15) is 73.2 Å². The van der Waals surface area contributed by atoms with Gasteiger partial charge in [0, 0.05) is 14.3 Å². The lowest BCUT2D eigenvalue weighted by Crippen LogP contribution is -2.61. The summed E-state index contributed by atoms with van der Waals surface area (Å²) in [5.41, 5.74) is 0. The fourth-order valence-electron chi connectivity index (χ4n) is 10.7. The van der Waals surface area contributed by atoms with Crippen molar-refractivity contribution < 1.29 is 58.3 Å². The summed E-state index contributed by atoms with van der Waals surface area (Å²) in [5.74, 6) is -3.27. The van der Waals surface area contributed by atoms with Crippen molar-refractivity contribution in [2.24, 2.45) is 0 Å². The third kappa shape index (κ3) is 10.1. The second-order valence-electron chi connectivity index (χ2n) is 19.8. The van der Waals surface area contributed by atoms with E-state index < -0.39 is 96.1 Å². The summed E-state index contributed by atoms with van der Waals surface area (Å²) in [7, 11) is 0. The van der Waals surface area contributed by atoms with Gasteiger partial charge >= 0.3 is 0 Å². The predicted octanol–water partition coefficient (Wildman–Crippen LogP) is 6.26. The number of unbranched alkanes of at least 4 members (excludes halogenated alkanes) is 5. The Hall–Kier alpha value is 1.32. The summed E-state index contributed by atoms with van der Waals surface area (Å²) in [6, 6.07) is -1.65. The highest BCUT2D eigenvalue weighted by Crippen LogP contribution is 2.47. The summed E-state index contributed by atoms with van der Waals surface area (Å²) in [4.78, 5) is 4.45. The molecule has 0 bridgehead atoms. The van der Waals surface area contributed by atoms with Crippen molar-refractivity contribution in [3.63, 3.8) is 0 Å². The first-order chi connectivity index (χ1) is 29.0. The van der Waals surface area contributed by atoms with Crippen LogP contribution in [-0.4, -0.2) is 164 Å². The van der Waals surface area contributed by atoms with Gasteiger partial charge in [0.25, 0.3) is 0 Å². The number of ether oxygens (including phenoxy) is 8. The van der Waals surface area contributed by atoms with Crippen molar-refractivity contribution in [2.45, 2.75) is 214 Å². The molecule has 4 heterocycles. The number of aliphatic hydroxyl groups is 4. The van der Waals surface area contributed by atoms with Crippen molar-refractivity contribution in [3.8, 4) is 0 Å². The van der Waals surface area contributed by atoms with Crippen LogP contribution in [-0.2, 0) is 37.9 Å². The maximum atomic E-state index is 11.9. The molecule has 0 saturated carbocycles. The molecule has 62 heavy (non-hydrogen) atoms. The zero-order chi connectivity index (χ0) is 44.8. The second-order valence-corrected chi connectivity index (χ2v) is 24.8.